The van der Waals surface area contributed by atoms with Gasteiger partial charge >= 0.3 is 24.1 Å². The molecule has 10 atom stereocenters. The number of alkyl carbamates (subject to hydrolysis) is 2. The number of ether oxygens (including phenoxy) is 5. The lowest BCUT2D eigenvalue weighted by atomic mass is 9.38. The molecule has 2 bridgehead atoms. The van der Waals surface area contributed by atoms with Crippen molar-refractivity contribution in [2.75, 3.05) is 26.8 Å². The van der Waals surface area contributed by atoms with Crippen molar-refractivity contribution in [2.24, 2.45) is 28.6 Å². The van der Waals surface area contributed by atoms with E-state index in [0.717, 1.165) is 7.11 Å². The molecule has 0 radical (unpaired) electrons. The van der Waals surface area contributed by atoms with Gasteiger partial charge in [-0.2, -0.15) is 0 Å². The molecule has 0 aromatic carbocycles. The highest BCUT2D eigenvalue weighted by atomic mass is 16.6. The molecule has 2 aliphatic heterocycles. The van der Waals surface area contributed by atoms with Crippen molar-refractivity contribution in [1.82, 2.24) is 10.6 Å². The molecule has 2 saturated carbocycles. The van der Waals surface area contributed by atoms with Crippen LogP contribution in [0.1, 0.15) is 40.5 Å². The summed E-state index contributed by atoms with van der Waals surface area (Å²) in [5.74, 6) is -5.40. The number of amides is 2. The zero-order valence-electron chi connectivity index (χ0n) is 23.6. The Hall–Kier alpha value is -3.23. The van der Waals surface area contributed by atoms with Crippen LogP contribution in [0.3, 0.4) is 0 Å². The first-order valence-corrected chi connectivity index (χ1v) is 13.8. The van der Waals surface area contributed by atoms with Gasteiger partial charge in [0.15, 0.2) is 11.5 Å². The summed E-state index contributed by atoms with van der Waals surface area (Å²) in [5, 5.41) is 28.3. The van der Waals surface area contributed by atoms with Gasteiger partial charge in [-0.15, -0.1) is 0 Å². The number of fused-ring (bicyclic) bond motifs is 2. The zero-order chi connectivity index (χ0) is 30.1. The molecule has 0 aromatic rings. The number of aliphatic hydroxyl groups excluding tert-OH is 2. The molecule has 0 unspecified atom stereocenters. The van der Waals surface area contributed by atoms with Crippen LogP contribution in [0.5, 0.6) is 0 Å². The molecule has 14 heteroatoms. The molecule has 41 heavy (non-hydrogen) atoms. The monoisotopic (exact) mass is 580 g/mol. The van der Waals surface area contributed by atoms with Crippen LogP contribution in [0.4, 0.5) is 9.59 Å². The molecule has 2 saturated heterocycles. The quantitative estimate of drug-likeness (QED) is 0.250. The number of Topliss-reactive ketones (excluding diaryl/α,β-unsaturated/α-hetero) is 1. The molecule has 1 spiro atoms. The number of esters is 2. The van der Waals surface area contributed by atoms with Crippen molar-refractivity contribution in [3.63, 3.8) is 0 Å². The molecule has 4 fully saturated rings. The number of hydrogen-bond donors (Lipinski definition) is 4. The van der Waals surface area contributed by atoms with Crippen LogP contribution in [-0.4, -0.2) is 96.9 Å². The molecule has 3 aliphatic carbocycles. The zero-order valence-corrected chi connectivity index (χ0v) is 23.6. The fourth-order valence-corrected chi connectivity index (χ4v) is 8.56. The van der Waals surface area contributed by atoms with Gasteiger partial charge in [0.2, 0.25) is 11.7 Å². The van der Waals surface area contributed by atoms with Gasteiger partial charge < -0.3 is 44.5 Å². The first-order chi connectivity index (χ1) is 19.3. The summed E-state index contributed by atoms with van der Waals surface area (Å²) in [4.78, 5) is 65.1. The van der Waals surface area contributed by atoms with E-state index in [1.807, 2.05) is 0 Å². The molecular formula is C27H36N2O12. The maximum atomic E-state index is 13.5. The highest BCUT2D eigenvalue weighted by Crippen LogP contribution is 2.72. The van der Waals surface area contributed by atoms with Crippen LogP contribution in [0.2, 0.25) is 0 Å². The minimum absolute atomic E-state index is 0.122. The number of carbonyl (C=O) groups excluding carboxylic acids is 5. The maximum Gasteiger partial charge on any atom is 0.412 e. The van der Waals surface area contributed by atoms with Crippen molar-refractivity contribution >= 4 is 29.9 Å². The number of ketones is 1. The van der Waals surface area contributed by atoms with E-state index in [1.54, 1.807) is 27.7 Å². The molecule has 2 heterocycles. The molecular weight excluding hydrogens is 544 g/mol. The number of rotatable bonds is 5. The number of hydrogen-bond acceptors (Lipinski definition) is 12. The second-order valence-corrected chi connectivity index (χ2v) is 11.7. The lowest BCUT2D eigenvalue weighted by Gasteiger charge is -2.67. The summed E-state index contributed by atoms with van der Waals surface area (Å²) in [6.07, 6.45) is -7.97. The van der Waals surface area contributed by atoms with Crippen LogP contribution in [0, 0.1) is 28.6 Å². The summed E-state index contributed by atoms with van der Waals surface area (Å²) in [6, 6.07) is 0. The molecule has 0 aromatic heterocycles. The first-order valence-electron chi connectivity index (χ1n) is 13.8. The standard InChI is InChI=1S/C27H36N2O12/c1-6-28-23(35)40-16-11(3)12-8-14-26-10-38-27(22(34)37-5,19(26)17(21(33)39-14)41-24(36)29-7-2)20(32)15(31)18(26)25(12,4)9-13(16)30/h12,14-15,17-20,31-32H,6-10H2,1-5H3,(H,28,35)(H,29,36)/t12-,14+,15+,17+,18+,19+,20-,25-,26+,27-/m0/s1. The summed E-state index contributed by atoms with van der Waals surface area (Å²) in [6.45, 7) is 7.01. The van der Waals surface area contributed by atoms with Crippen LogP contribution < -0.4 is 10.6 Å². The Morgan fingerprint density at radius 1 is 1.07 bits per heavy atom. The Morgan fingerprint density at radius 3 is 2.37 bits per heavy atom. The number of allylic oxidation sites excluding steroid dienone is 2. The predicted molar refractivity (Wildman–Crippen MR) is 135 cm³/mol. The molecule has 14 nitrogen and oxygen atoms in total. The minimum atomic E-state index is -2.25. The predicted octanol–water partition coefficient (Wildman–Crippen LogP) is -0.0582. The summed E-state index contributed by atoms with van der Waals surface area (Å²) in [5.41, 5.74) is -4.23. The number of methoxy groups -OCH3 is 1. The van der Waals surface area contributed by atoms with Crippen LogP contribution in [-0.2, 0) is 38.1 Å². The van der Waals surface area contributed by atoms with E-state index < -0.39 is 88.5 Å². The van der Waals surface area contributed by atoms with Gasteiger partial charge in [-0.05, 0) is 44.1 Å². The van der Waals surface area contributed by atoms with Crippen molar-refractivity contribution in [2.45, 2.75) is 70.6 Å². The highest BCUT2D eigenvalue weighted by molar-refractivity contribution is 5.98. The Labute approximate surface area is 236 Å². The SMILES string of the molecule is CCNC(=O)OC1=C(C)[C@@H]2C[C@H]3OC(=O)[C@H](OC(=O)NCC)[C@H]4[C@]5(C(=O)OC)OC[C@]34[C@H]([C@@H](O)[C@@H]5O)[C@@]2(C)CC1=O. The smallest absolute Gasteiger partial charge is 0.412 e. The molecule has 5 rings (SSSR count). The lowest BCUT2D eigenvalue weighted by Crippen LogP contribution is -2.79. The molecule has 226 valence electrons. The normalized spacial score (nSPS) is 42.4. The van der Waals surface area contributed by atoms with Crippen molar-refractivity contribution in [3.05, 3.63) is 11.3 Å². The van der Waals surface area contributed by atoms with E-state index in [0.29, 0.717) is 5.57 Å². The third-order valence-corrected chi connectivity index (χ3v) is 9.89. The minimum Gasteiger partial charge on any atom is -0.467 e. The third kappa shape index (κ3) is 3.76. The Bertz CT molecular complexity index is 1220. The summed E-state index contributed by atoms with van der Waals surface area (Å²) >= 11 is 0. The fraction of sp³-hybridized carbons (Fsp3) is 0.741. The Balaban J connectivity index is 1.68. The van der Waals surface area contributed by atoms with E-state index in [9.17, 15) is 34.2 Å². The van der Waals surface area contributed by atoms with Gasteiger partial charge in [0.25, 0.3) is 0 Å². The van der Waals surface area contributed by atoms with Crippen molar-refractivity contribution in [1.29, 1.82) is 0 Å². The van der Waals surface area contributed by atoms with Gasteiger partial charge in [-0.3, -0.25) is 4.79 Å². The molecule has 4 N–H and O–H groups in total. The van der Waals surface area contributed by atoms with Crippen molar-refractivity contribution < 1.29 is 57.9 Å². The van der Waals surface area contributed by atoms with Crippen LogP contribution in [0.15, 0.2) is 11.3 Å². The van der Waals surface area contributed by atoms with E-state index in [4.69, 9.17) is 23.7 Å². The Morgan fingerprint density at radius 2 is 1.73 bits per heavy atom. The molecule has 5 aliphatic rings. The lowest BCUT2D eigenvalue weighted by molar-refractivity contribution is -0.288. The highest BCUT2D eigenvalue weighted by Gasteiger charge is 2.85. The van der Waals surface area contributed by atoms with E-state index in [2.05, 4.69) is 10.6 Å². The first kappa shape index (κ1) is 29.3. The van der Waals surface area contributed by atoms with Crippen molar-refractivity contribution in [3.8, 4) is 0 Å². The van der Waals surface area contributed by atoms with Gasteiger partial charge in [0.05, 0.1) is 25.7 Å². The fourth-order valence-electron chi connectivity index (χ4n) is 8.56. The molecule has 2 amide bonds. The largest absolute Gasteiger partial charge is 0.467 e. The number of nitrogens with one attached hydrogen (secondary N) is 2. The maximum absolute atomic E-state index is 13.5. The van der Waals surface area contributed by atoms with E-state index in [-0.39, 0.29) is 38.3 Å². The summed E-state index contributed by atoms with van der Waals surface area (Å²) in [7, 11) is 1.08. The third-order valence-electron chi connectivity index (χ3n) is 9.89. The second kappa shape index (κ2) is 9.95. The van der Waals surface area contributed by atoms with Crippen LogP contribution >= 0.6 is 0 Å². The topological polar surface area (TPSA) is 196 Å². The number of aliphatic hydroxyl groups is 2. The van der Waals surface area contributed by atoms with Gasteiger partial charge in [0.1, 0.15) is 12.2 Å². The Kier molecular flexibility index (Phi) is 7.10. The van der Waals surface area contributed by atoms with Gasteiger partial charge in [0, 0.05) is 30.8 Å². The van der Waals surface area contributed by atoms with Gasteiger partial charge in [-0.1, -0.05) is 6.92 Å². The van der Waals surface area contributed by atoms with E-state index >= 15 is 0 Å². The average Bonchev–Trinajstić information content (AvgIpc) is 3.22. The van der Waals surface area contributed by atoms with E-state index in [1.165, 1.54) is 0 Å². The van der Waals surface area contributed by atoms with Gasteiger partial charge in [-0.25, -0.2) is 19.2 Å². The average molecular weight is 581 g/mol. The second-order valence-electron chi connectivity index (χ2n) is 11.7. The van der Waals surface area contributed by atoms with Crippen LogP contribution in [0.25, 0.3) is 0 Å². The summed E-state index contributed by atoms with van der Waals surface area (Å²) < 4.78 is 27.9. The number of carbonyl (C=O) groups is 5.